The van der Waals surface area contributed by atoms with Gasteiger partial charge in [-0.05, 0) is 20.2 Å². The summed E-state index contributed by atoms with van der Waals surface area (Å²) in [6.45, 7) is 3.29. The lowest BCUT2D eigenvalue weighted by atomic mass is 10.1. The van der Waals surface area contributed by atoms with Crippen molar-refractivity contribution in [1.29, 1.82) is 0 Å². The number of rotatable bonds is 3. The summed E-state index contributed by atoms with van der Waals surface area (Å²) in [7, 11) is 3.75. The van der Waals surface area contributed by atoms with Gasteiger partial charge in [-0.3, -0.25) is 20.2 Å². The molecule has 0 atom stereocenters. The Morgan fingerprint density at radius 3 is 1.78 bits per heavy atom. The number of nitro benzene ring substituents is 2. The molecule has 0 aliphatic heterocycles. The SMILES string of the molecule is C=Cc1c([N+](=O)[O-])cc(Cl)cc1[N+](=O)[O-].CNC. The molecular formula is C10H12ClN3O4. The van der Waals surface area contributed by atoms with Crippen LogP contribution in [0.2, 0.25) is 5.02 Å². The monoisotopic (exact) mass is 273 g/mol. The standard InChI is InChI=1S/C8H5ClN2O4.C2H7N/c1-2-6-7(10(12)13)3-5(9)4-8(6)11(14)15;1-3-2/h2-4H,1H2;3H,1-2H3. The van der Waals surface area contributed by atoms with Crippen LogP contribution in [-0.2, 0) is 0 Å². The number of nitrogens with zero attached hydrogens (tertiary/aromatic N) is 2. The van der Waals surface area contributed by atoms with E-state index < -0.39 is 21.2 Å². The van der Waals surface area contributed by atoms with Crippen molar-refractivity contribution >= 4 is 29.1 Å². The fourth-order valence-electron chi connectivity index (χ4n) is 1.10. The highest BCUT2D eigenvalue weighted by atomic mass is 35.5. The third-order valence-corrected chi connectivity index (χ3v) is 1.92. The van der Waals surface area contributed by atoms with Gasteiger partial charge in [0.05, 0.1) is 14.9 Å². The van der Waals surface area contributed by atoms with Crippen molar-refractivity contribution in [2.75, 3.05) is 14.1 Å². The van der Waals surface area contributed by atoms with E-state index in [0.29, 0.717) is 0 Å². The second kappa shape index (κ2) is 7.36. The van der Waals surface area contributed by atoms with Crippen molar-refractivity contribution in [1.82, 2.24) is 5.32 Å². The van der Waals surface area contributed by atoms with Crippen molar-refractivity contribution in [2.45, 2.75) is 0 Å². The van der Waals surface area contributed by atoms with Gasteiger partial charge in [-0.2, -0.15) is 0 Å². The lowest BCUT2D eigenvalue weighted by Gasteiger charge is -2.00. The molecule has 1 aromatic carbocycles. The molecule has 8 heteroatoms. The summed E-state index contributed by atoms with van der Waals surface area (Å²) in [6.07, 6.45) is 1.06. The van der Waals surface area contributed by atoms with Gasteiger partial charge in [0, 0.05) is 12.1 Å². The summed E-state index contributed by atoms with van der Waals surface area (Å²) >= 11 is 5.52. The van der Waals surface area contributed by atoms with Crippen LogP contribution in [-0.4, -0.2) is 23.9 Å². The summed E-state index contributed by atoms with van der Waals surface area (Å²) in [5.74, 6) is 0. The van der Waals surface area contributed by atoms with E-state index in [4.69, 9.17) is 11.6 Å². The minimum atomic E-state index is -0.740. The third-order valence-electron chi connectivity index (χ3n) is 1.70. The van der Waals surface area contributed by atoms with Gasteiger partial charge in [0.15, 0.2) is 0 Å². The summed E-state index contributed by atoms with van der Waals surface area (Å²) < 4.78 is 0. The predicted molar refractivity (Wildman–Crippen MR) is 69.8 cm³/mol. The second-order valence-corrected chi connectivity index (χ2v) is 3.51. The van der Waals surface area contributed by atoms with E-state index >= 15 is 0 Å². The van der Waals surface area contributed by atoms with E-state index in [9.17, 15) is 20.2 Å². The van der Waals surface area contributed by atoms with Gasteiger partial charge < -0.3 is 5.32 Å². The molecule has 0 spiro atoms. The van der Waals surface area contributed by atoms with Gasteiger partial charge in [-0.25, -0.2) is 0 Å². The van der Waals surface area contributed by atoms with Crippen LogP contribution in [0.5, 0.6) is 0 Å². The van der Waals surface area contributed by atoms with Crippen LogP contribution in [0.25, 0.3) is 6.08 Å². The molecule has 0 radical (unpaired) electrons. The highest BCUT2D eigenvalue weighted by molar-refractivity contribution is 6.31. The van der Waals surface area contributed by atoms with Crippen molar-refractivity contribution in [3.63, 3.8) is 0 Å². The number of halogens is 1. The molecule has 0 aliphatic rings. The number of hydrogen-bond acceptors (Lipinski definition) is 5. The Morgan fingerprint density at radius 1 is 1.22 bits per heavy atom. The smallest absolute Gasteiger partial charge is 0.284 e. The Morgan fingerprint density at radius 2 is 1.56 bits per heavy atom. The first kappa shape index (κ1) is 16.0. The molecule has 0 unspecified atom stereocenters. The molecule has 1 rings (SSSR count). The molecule has 1 aromatic rings. The minimum Gasteiger partial charge on any atom is -0.323 e. The molecule has 98 valence electrons. The van der Waals surface area contributed by atoms with Crippen LogP contribution < -0.4 is 5.32 Å². The average Bonchev–Trinajstić information content (AvgIpc) is 2.28. The van der Waals surface area contributed by atoms with Gasteiger partial charge in [0.2, 0.25) is 0 Å². The summed E-state index contributed by atoms with van der Waals surface area (Å²) in [5.41, 5.74) is -0.997. The molecule has 0 heterocycles. The Balaban J connectivity index is 0.000000873. The second-order valence-electron chi connectivity index (χ2n) is 3.08. The number of hydrogen-bond donors (Lipinski definition) is 1. The van der Waals surface area contributed by atoms with Crippen molar-refractivity contribution in [3.8, 4) is 0 Å². The molecule has 0 bridgehead atoms. The first-order valence-electron chi connectivity index (χ1n) is 4.72. The van der Waals surface area contributed by atoms with Crippen LogP contribution in [0.3, 0.4) is 0 Å². The lowest BCUT2D eigenvalue weighted by molar-refractivity contribution is -0.394. The summed E-state index contributed by atoms with van der Waals surface area (Å²) in [4.78, 5) is 19.7. The molecule has 0 fully saturated rings. The molecule has 0 aliphatic carbocycles. The lowest BCUT2D eigenvalue weighted by Crippen LogP contribution is -1.97. The van der Waals surface area contributed by atoms with Gasteiger partial charge >= 0.3 is 0 Å². The third kappa shape index (κ3) is 4.11. The number of nitro groups is 2. The van der Waals surface area contributed by atoms with Crippen LogP contribution in [0.4, 0.5) is 11.4 Å². The fraction of sp³-hybridized carbons (Fsp3) is 0.200. The van der Waals surface area contributed by atoms with E-state index in [1.54, 1.807) is 0 Å². The first-order valence-corrected chi connectivity index (χ1v) is 5.10. The largest absolute Gasteiger partial charge is 0.323 e. The number of nitrogens with one attached hydrogen (secondary N) is 1. The molecular weight excluding hydrogens is 262 g/mol. The maximum atomic E-state index is 10.6. The van der Waals surface area contributed by atoms with E-state index in [-0.39, 0.29) is 10.6 Å². The Hall–Kier alpha value is -1.99. The van der Waals surface area contributed by atoms with Gasteiger partial charge in [0.1, 0.15) is 5.56 Å². The zero-order valence-corrected chi connectivity index (χ0v) is 10.6. The van der Waals surface area contributed by atoms with Crippen molar-refractivity contribution in [3.05, 3.63) is 49.5 Å². The molecule has 0 saturated carbocycles. The topological polar surface area (TPSA) is 98.3 Å². The highest BCUT2D eigenvalue weighted by Gasteiger charge is 2.23. The Kier molecular flexibility index (Phi) is 6.54. The summed E-state index contributed by atoms with van der Waals surface area (Å²) in [5, 5.41) is 23.9. The number of benzene rings is 1. The van der Waals surface area contributed by atoms with Crippen molar-refractivity contribution < 1.29 is 9.85 Å². The zero-order valence-electron chi connectivity index (χ0n) is 9.84. The van der Waals surface area contributed by atoms with Gasteiger partial charge in [0.25, 0.3) is 11.4 Å². The van der Waals surface area contributed by atoms with E-state index in [1.807, 2.05) is 14.1 Å². The quantitative estimate of drug-likeness (QED) is 0.674. The van der Waals surface area contributed by atoms with Gasteiger partial charge in [-0.1, -0.05) is 18.2 Å². The Bertz CT molecular complexity index is 441. The van der Waals surface area contributed by atoms with E-state index in [2.05, 4.69) is 11.9 Å². The molecule has 18 heavy (non-hydrogen) atoms. The van der Waals surface area contributed by atoms with E-state index in [1.165, 1.54) is 0 Å². The fourth-order valence-corrected chi connectivity index (χ4v) is 1.31. The maximum absolute atomic E-state index is 10.6. The minimum absolute atomic E-state index is 0.0565. The molecule has 1 N–H and O–H groups in total. The molecule has 0 aromatic heterocycles. The Labute approximate surface area is 108 Å². The normalized spacial score (nSPS) is 9.06. The first-order chi connectivity index (χ1) is 8.38. The predicted octanol–water partition coefficient (Wildman–Crippen LogP) is 2.64. The van der Waals surface area contributed by atoms with Crippen LogP contribution in [0.15, 0.2) is 18.7 Å². The van der Waals surface area contributed by atoms with Crippen molar-refractivity contribution in [2.24, 2.45) is 0 Å². The van der Waals surface area contributed by atoms with Crippen LogP contribution in [0, 0.1) is 20.2 Å². The van der Waals surface area contributed by atoms with E-state index in [0.717, 1.165) is 18.2 Å². The van der Waals surface area contributed by atoms with Crippen LogP contribution >= 0.6 is 11.6 Å². The summed E-state index contributed by atoms with van der Waals surface area (Å²) in [6, 6.07) is 2.09. The maximum Gasteiger partial charge on any atom is 0.284 e. The molecule has 0 saturated heterocycles. The highest BCUT2D eigenvalue weighted by Crippen LogP contribution is 2.32. The molecule has 0 amide bonds. The van der Waals surface area contributed by atoms with Gasteiger partial charge in [-0.15, -0.1) is 0 Å². The zero-order chi connectivity index (χ0) is 14.3. The van der Waals surface area contributed by atoms with Crippen LogP contribution in [0.1, 0.15) is 5.56 Å². The average molecular weight is 274 g/mol. The molecule has 7 nitrogen and oxygen atoms in total.